The maximum absolute atomic E-state index is 10.5. The van der Waals surface area contributed by atoms with E-state index in [1.54, 1.807) is 0 Å². The van der Waals surface area contributed by atoms with Gasteiger partial charge in [-0.2, -0.15) is 0 Å². The minimum atomic E-state index is -0.469. The second-order valence-electron chi connectivity index (χ2n) is 5.22. The number of aliphatic hydroxyl groups is 2. The molecule has 3 aliphatic carbocycles. The number of aliphatic hydroxyl groups excluding tert-OH is 1. The van der Waals surface area contributed by atoms with Crippen molar-refractivity contribution in [2.24, 2.45) is 17.3 Å². The monoisotopic (exact) mass is 182 g/mol. The van der Waals surface area contributed by atoms with Crippen LogP contribution in [0.1, 0.15) is 38.5 Å². The maximum atomic E-state index is 10.5. The van der Waals surface area contributed by atoms with Gasteiger partial charge in [0.1, 0.15) is 0 Å². The molecule has 74 valence electrons. The van der Waals surface area contributed by atoms with Crippen LogP contribution < -0.4 is 0 Å². The zero-order valence-electron chi connectivity index (χ0n) is 8.00. The molecule has 0 amide bonds. The van der Waals surface area contributed by atoms with Crippen LogP contribution in [0.15, 0.2) is 0 Å². The van der Waals surface area contributed by atoms with Crippen LogP contribution in [0.5, 0.6) is 0 Å². The summed E-state index contributed by atoms with van der Waals surface area (Å²) in [5.41, 5.74) is -0.219. The molecule has 3 fully saturated rings. The van der Waals surface area contributed by atoms with E-state index in [9.17, 15) is 10.2 Å². The van der Waals surface area contributed by atoms with Gasteiger partial charge in [0.2, 0.25) is 0 Å². The average Bonchev–Trinajstić information content (AvgIpc) is 2.60. The van der Waals surface area contributed by atoms with Crippen molar-refractivity contribution in [3.8, 4) is 0 Å². The summed E-state index contributed by atoms with van der Waals surface area (Å²) in [6, 6.07) is 0. The molecule has 3 saturated carbocycles. The molecule has 1 unspecified atom stereocenters. The molecule has 3 aliphatic rings. The van der Waals surface area contributed by atoms with Gasteiger partial charge in [-0.3, -0.25) is 0 Å². The van der Waals surface area contributed by atoms with Crippen LogP contribution in [0, 0.1) is 17.3 Å². The average molecular weight is 182 g/mol. The van der Waals surface area contributed by atoms with Crippen LogP contribution in [-0.2, 0) is 0 Å². The van der Waals surface area contributed by atoms with Gasteiger partial charge in [0.15, 0.2) is 0 Å². The van der Waals surface area contributed by atoms with Gasteiger partial charge in [0.25, 0.3) is 0 Å². The van der Waals surface area contributed by atoms with Gasteiger partial charge in [0.05, 0.1) is 5.60 Å². The summed E-state index contributed by atoms with van der Waals surface area (Å²) in [4.78, 5) is 0. The molecule has 0 saturated heterocycles. The van der Waals surface area contributed by atoms with E-state index in [0.717, 1.165) is 6.42 Å². The summed E-state index contributed by atoms with van der Waals surface area (Å²) in [5.74, 6) is 0.850. The second kappa shape index (κ2) is 2.29. The Labute approximate surface area is 79.0 Å². The first-order chi connectivity index (χ1) is 6.24. The third kappa shape index (κ3) is 0.668. The number of hydrogen-bond acceptors (Lipinski definition) is 2. The first-order valence-corrected chi connectivity index (χ1v) is 5.58. The van der Waals surface area contributed by atoms with Gasteiger partial charge in [-0.1, -0.05) is 6.42 Å². The number of rotatable bonds is 1. The smallest absolute Gasteiger partial charge is 0.0759 e. The Morgan fingerprint density at radius 3 is 2.69 bits per heavy atom. The lowest BCUT2D eigenvalue weighted by atomic mass is 9.47. The molecule has 2 N–H and O–H groups in total. The van der Waals surface area contributed by atoms with Gasteiger partial charge in [0, 0.05) is 17.9 Å². The van der Waals surface area contributed by atoms with Gasteiger partial charge < -0.3 is 10.2 Å². The van der Waals surface area contributed by atoms with Crippen LogP contribution in [0.3, 0.4) is 0 Å². The highest BCUT2D eigenvalue weighted by Gasteiger charge is 2.73. The SMILES string of the molecule is OCC1[C@@H]2CCC[C@@]23CCC[C@@]13O. The van der Waals surface area contributed by atoms with E-state index in [1.165, 1.54) is 32.1 Å². The summed E-state index contributed by atoms with van der Waals surface area (Å²) >= 11 is 0. The van der Waals surface area contributed by atoms with E-state index in [0.29, 0.717) is 5.92 Å². The normalized spacial score (nSPS) is 58.6. The van der Waals surface area contributed by atoms with Gasteiger partial charge >= 0.3 is 0 Å². The van der Waals surface area contributed by atoms with E-state index in [2.05, 4.69) is 0 Å². The Bertz CT molecular complexity index is 236. The molecule has 3 rings (SSSR count). The minimum absolute atomic E-state index is 0.197. The lowest BCUT2D eigenvalue weighted by Crippen LogP contribution is -2.66. The number of hydrogen-bond donors (Lipinski definition) is 2. The van der Waals surface area contributed by atoms with Crippen molar-refractivity contribution >= 4 is 0 Å². The van der Waals surface area contributed by atoms with Gasteiger partial charge in [-0.15, -0.1) is 0 Å². The standard InChI is InChI=1S/C11H18O2/c12-7-9-8-3-1-4-10(8)5-2-6-11(9,10)13/h8-9,12-13H,1-7H2/t8-,9?,10+,11+/m0/s1. The van der Waals surface area contributed by atoms with E-state index in [-0.39, 0.29) is 17.9 Å². The highest BCUT2D eigenvalue weighted by Crippen LogP contribution is 2.73. The van der Waals surface area contributed by atoms with Crippen molar-refractivity contribution in [3.05, 3.63) is 0 Å². The van der Waals surface area contributed by atoms with Crippen molar-refractivity contribution in [1.82, 2.24) is 0 Å². The molecule has 13 heavy (non-hydrogen) atoms. The largest absolute Gasteiger partial charge is 0.396 e. The molecule has 0 bridgehead atoms. The lowest BCUT2D eigenvalue weighted by Gasteiger charge is -2.61. The van der Waals surface area contributed by atoms with E-state index >= 15 is 0 Å². The van der Waals surface area contributed by atoms with Crippen LogP contribution >= 0.6 is 0 Å². The minimum Gasteiger partial charge on any atom is -0.396 e. The third-order valence-corrected chi connectivity index (χ3v) is 5.19. The first kappa shape index (κ1) is 8.25. The summed E-state index contributed by atoms with van der Waals surface area (Å²) in [6.07, 6.45) is 7.05. The molecule has 0 heterocycles. The highest BCUT2D eigenvalue weighted by molar-refractivity contribution is 5.22. The molecule has 0 aliphatic heterocycles. The molecular weight excluding hydrogens is 164 g/mol. The Morgan fingerprint density at radius 1 is 1.15 bits per heavy atom. The Hall–Kier alpha value is -0.0800. The fraction of sp³-hybridized carbons (Fsp3) is 1.00. The lowest BCUT2D eigenvalue weighted by molar-refractivity contribution is -0.242. The topological polar surface area (TPSA) is 40.5 Å². The highest BCUT2D eigenvalue weighted by atomic mass is 16.3. The third-order valence-electron chi connectivity index (χ3n) is 5.19. The fourth-order valence-corrected chi connectivity index (χ4v) is 4.74. The molecule has 2 nitrogen and oxygen atoms in total. The molecule has 0 radical (unpaired) electrons. The molecule has 4 atom stereocenters. The Kier molecular flexibility index (Phi) is 1.45. The first-order valence-electron chi connectivity index (χ1n) is 5.58. The second-order valence-corrected chi connectivity index (χ2v) is 5.22. The van der Waals surface area contributed by atoms with Crippen molar-refractivity contribution in [2.45, 2.75) is 44.1 Å². The predicted molar refractivity (Wildman–Crippen MR) is 49.2 cm³/mol. The zero-order chi connectivity index (χ0) is 9.10. The van der Waals surface area contributed by atoms with Crippen molar-refractivity contribution in [1.29, 1.82) is 0 Å². The summed E-state index contributed by atoms with van der Waals surface area (Å²) in [5, 5.41) is 19.8. The Morgan fingerprint density at radius 2 is 1.92 bits per heavy atom. The van der Waals surface area contributed by atoms with Crippen LogP contribution in [0.2, 0.25) is 0 Å². The zero-order valence-corrected chi connectivity index (χ0v) is 8.00. The molecule has 0 aromatic carbocycles. The van der Waals surface area contributed by atoms with Crippen LogP contribution in [-0.4, -0.2) is 22.4 Å². The van der Waals surface area contributed by atoms with Crippen molar-refractivity contribution < 1.29 is 10.2 Å². The van der Waals surface area contributed by atoms with E-state index in [4.69, 9.17) is 0 Å². The van der Waals surface area contributed by atoms with Gasteiger partial charge in [-0.05, 0) is 38.0 Å². The van der Waals surface area contributed by atoms with Crippen molar-refractivity contribution in [3.63, 3.8) is 0 Å². The van der Waals surface area contributed by atoms with Gasteiger partial charge in [-0.25, -0.2) is 0 Å². The molecule has 0 aromatic heterocycles. The van der Waals surface area contributed by atoms with Crippen LogP contribution in [0.25, 0.3) is 0 Å². The predicted octanol–water partition coefficient (Wildman–Crippen LogP) is 1.31. The van der Waals surface area contributed by atoms with Crippen molar-refractivity contribution in [2.75, 3.05) is 6.61 Å². The molecule has 2 heteroatoms. The fourth-order valence-electron chi connectivity index (χ4n) is 4.74. The van der Waals surface area contributed by atoms with Crippen LogP contribution in [0.4, 0.5) is 0 Å². The molecule has 0 aromatic rings. The van der Waals surface area contributed by atoms with E-state index < -0.39 is 5.60 Å². The quantitative estimate of drug-likeness (QED) is 0.642. The summed E-state index contributed by atoms with van der Waals surface area (Å²) in [6.45, 7) is 0.197. The van der Waals surface area contributed by atoms with E-state index in [1.807, 2.05) is 0 Å². The summed E-state index contributed by atoms with van der Waals surface area (Å²) in [7, 11) is 0. The Balaban J connectivity index is 1.99. The maximum Gasteiger partial charge on any atom is 0.0759 e. The summed E-state index contributed by atoms with van der Waals surface area (Å²) < 4.78 is 0. The molecule has 1 spiro atoms. The molecular formula is C11H18O2.